The van der Waals surface area contributed by atoms with E-state index in [0.29, 0.717) is 12.1 Å². The summed E-state index contributed by atoms with van der Waals surface area (Å²) in [4.78, 5) is 2.59. The van der Waals surface area contributed by atoms with Crippen LogP contribution < -0.4 is 5.32 Å². The fourth-order valence-corrected chi connectivity index (χ4v) is 2.65. The molecule has 0 spiro atoms. The predicted molar refractivity (Wildman–Crippen MR) is 73.7 cm³/mol. The third kappa shape index (κ3) is 3.44. The molecule has 1 N–H and O–H groups in total. The number of piperazine rings is 1. The van der Waals surface area contributed by atoms with Crippen molar-refractivity contribution in [2.45, 2.75) is 32.4 Å². The monoisotopic (exact) mass is 252 g/mol. The zero-order valence-electron chi connectivity index (χ0n) is 10.6. The van der Waals surface area contributed by atoms with Crippen LogP contribution in [0, 0.1) is 0 Å². The molecule has 1 fully saturated rings. The Morgan fingerprint density at radius 1 is 1.18 bits per heavy atom. The smallest absolute Gasteiger partial charge is 0.0406 e. The molecule has 1 aliphatic rings. The summed E-state index contributed by atoms with van der Waals surface area (Å²) in [5.41, 5.74) is 1.37. The average molecular weight is 253 g/mol. The topological polar surface area (TPSA) is 15.3 Å². The number of halogens is 1. The van der Waals surface area contributed by atoms with Crippen LogP contribution in [0.15, 0.2) is 24.3 Å². The first-order valence-corrected chi connectivity index (χ1v) is 6.75. The van der Waals surface area contributed by atoms with Crippen LogP contribution in [-0.2, 0) is 6.42 Å². The van der Waals surface area contributed by atoms with Crippen LogP contribution in [0.5, 0.6) is 0 Å². The van der Waals surface area contributed by atoms with Crippen LogP contribution in [0.25, 0.3) is 0 Å². The van der Waals surface area contributed by atoms with Crippen LogP contribution in [0.2, 0.25) is 5.02 Å². The van der Waals surface area contributed by atoms with Gasteiger partial charge in [0.25, 0.3) is 0 Å². The van der Waals surface area contributed by atoms with E-state index in [4.69, 9.17) is 11.6 Å². The normalized spacial score (nSPS) is 26.1. The van der Waals surface area contributed by atoms with Crippen LogP contribution in [-0.4, -0.2) is 36.6 Å². The number of nitrogens with zero attached hydrogens (tertiary/aromatic N) is 1. The highest BCUT2D eigenvalue weighted by Crippen LogP contribution is 2.13. The molecular weight excluding hydrogens is 232 g/mol. The van der Waals surface area contributed by atoms with Gasteiger partial charge in [0.1, 0.15) is 0 Å². The van der Waals surface area contributed by atoms with Gasteiger partial charge in [-0.1, -0.05) is 23.7 Å². The van der Waals surface area contributed by atoms with Crippen LogP contribution in [0.1, 0.15) is 19.4 Å². The van der Waals surface area contributed by atoms with Gasteiger partial charge in [-0.15, -0.1) is 0 Å². The van der Waals surface area contributed by atoms with Crippen molar-refractivity contribution in [2.75, 3.05) is 19.6 Å². The number of hydrogen-bond acceptors (Lipinski definition) is 2. The van der Waals surface area contributed by atoms with Gasteiger partial charge in [0, 0.05) is 36.7 Å². The number of hydrogen-bond donors (Lipinski definition) is 1. The molecule has 1 saturated heterocycles. The molecule has 2 unspecified atom stereocenters. The molecule has 1 aromatic carbocycles. The lowest BCUT2D eigenvalue weighted by Crippen LogP contribution is -2.55. The Balaban J connectivity index is 1.90. The van der Waals surface area contributed by atoms with E-state index in [1.54, 1.807) is 0 Å². The summed E-state index contributed by atoms with van der Waals surface area (Å²) >= 11 is 5.89. The molecule has 1 aliphatic heterocycles. The number of benzene rings is 1. The molecule has 0 radical (unpaired) electrons. The summed E-state index contributed by atoms with van der Waals surface area (Å²) < 4.78 is 0. The molecule has 0 aliphatic carbocycles. The highest BCUT2D eigenvalue weighted by molar-refractivity contribution is 6.30. The molecule has 0 bridgehead atoms. The minimum atomic E-state index is 0.631. The minimum Gasteiger partial charge on any atom is -0.314 e. The second kappa shape index (κ2) is 5.85. The van der Waals surface area contributed by atoms with Gasteiger partial charge < -0.3 is 5.32 Å². The molecule has 1 heterocycles. The Kier molecular flexibility index (Phi) is 4.43. The van der Waals surface area contributed by atoms with E-state index in [-0.39, 0.29) is 0 Å². The fraction of sp³-hybridized carbons (Fsp3) is 0.571. The van der Waals surface area contributed by atoms with Crippen molar-refractivity contribution in [1.82, 2.24) is 10.2 Å². The van der Waals surface area contributed by atoms with Gasteiger partial charge in [0.05, 0.1) is 0 Å². The average Bonchev–Trinajstić information content (AvgIpc) is 2.31. The lowest BCUT2D eigenvalue weighted by Gasteiger charge is -2.39. The molecule has 0 aromatic heterocycles. The van der Waals surface area contributed by atoms with Gasteiger partial charge in [-0.3, -0.25) is 4.90 Å². The highest BCUT2D eigenvalue weighted by Gasteiger charge is 2.23. The third-order valence-corrected chi connectivity index (χ3v) is 3.84. The zero-order valence-corrected chi connectivity index (χ0v) is 11.4. The predicted octanol–water partition coefficient (Wildman–Crippen LogP) is 2.56. The summed E-state index contributed by atoms with van der Waals surface area (Å²) in [6.45, 7) is 7.93. The van der Waals surface area contributed by atoms with Gasteiger partial charge in [0.15, 0.2) is 0 Å². The van der Waals surface area contributed by atoms with E-state index >= 15 is 0 Å². The van der Waals surface area contributed by atoms with E-state index in [1.165, 1.54) is 5.56 Å². The molecule has 2 nitrogen and oxygen atoms in total. The minimum absolute atomic E-state index is 0.631. The molecule has 2 rings (SSSR count). The Bertz CT molecular complexity index is 340. The standard InChI is InChI=1S/C14H21ClN2/c1-11-9-16-10-12(2)17(11)8-7-13-3-5-14(15)6-4-13/h3-6,11-12,16H,7-10H2,1-2H3. The second-order valence-corrected chi connectivity index (χ2v) is 5.41. The van der Waals surface area contributed by atoms with E-state index in [2.05, 4.69) is 36.2 Å². The summed E-state index contributed by atoms with van der Waals surface area (Å²) in [7, 11) is 0. The summed E-state index contributed by atoms with van der Waals surface area (Å²) in [6, 6.07) is 9.46. The second-order valence-electron chi connectivity index (χ2n) is 4.97. The molecule has 94 valence electrons. The van der Waals surface area contributed by atoms with Crippen LogP contribution >= 0.6 is 11.6 Å². The molecule has 2 atom stereocenters. The molecule has 1 aromatic rings. The Hall–Kier alpha value is -0.570. The molecule has 17 heavy (non-hydrogen) atoms. The van der Waals surface area contributed by atoms with Crippen molar-refractivity contribution >= 4 is 11.6 Å². The molecule has 0 saturated carbocycles. The molecule has 0 amide bonds. The lowest BCUT2D eigenvalue weighted by atomic mass is 10.1. The summed E-state index contributed by atoms with van der Waals surface area (Å²) in [6.07, 6.45) is 1.10. The van der Waals surface area contributed by atoms with Crippen molar-refractivity contribution in [2.24, 2.45) is 0 Å². The van der Waals surface area contributed by atoms with Crippen molar-refractivity contribution < 1.29 is 0 Å². The Morgan fingerprint density at radius 2 is 1.76 bits per heavy atom. The van der Waals surface area contributed by atoms with Gasteiger partial charge in [-0.2, -0.15) is 0 Å². The number of nitrogens with one attached hydrogen (secondary N) is 1. The van der Waals surface area contributed by atoms with Crippen molar-refractivity contribution in [1.29, 1.82) is 0 Å². The first kappa shape index (κ1) is 12.9. The largest absolute Gasteiger partial charge is 0.314 e. The van der Waals surface area contributed by atoms with Crippen molar-refractivity contribution in [3.63, 3.8) is 0 Å². The summed E-state index contributed by atoms with van der Waals surface area (Å²) in [5.74, 6) is 0. The Morgan fingerprint density at radius 3 is 2.35 bits per heavy atom. The highest BCUT2D eigenvalue weighted by atomic mass is 35.5. The van der Waals surface area contributed by atoms with Crippen LogP contribution in [0.4, 0.5) is 0 Å². The maximum absolute atomic E-state index is 5.89. The van der Waals surface area contributed by atoms with E-state index < -0.39 is 0 Å². The lowest BCUT2D eigenvalue weighted by molar-refractivity contribution is 0.119. The van der Waals surface area contributed by atoms with Gasteiger partial charge in [-0.05, 0) is 38.0 Å². The number of rotatable bonds is 3. The molecular formula is C14H21ClN2. The SMILES string of the molecule is CC1CNCC(C)N1CCc1ccc(Cl)cc1. The molecule has 3 heteroatoms. The third-order valence-electron chi connectivity index (χ3n) is 3.58. The first-order chi connectivity index (χ1) is 8.16. The van der Waals surface area contributed by atoms with E-state index in [9.17, 15) is 0 Å². The first-order valence-electron chi connectivity index (χ1n) is 6.37. The van der Waals surface area contributed by atoms with Crippen molar-refractivity contribution in [3.8, 4) is 0 Å². The quantitative estimate of drug-likeness (QED) is 0.890. The van der Waals surface area contributed by atoms with Gasteiger partial charge in [-0.25, -0.2) is 0 Å². The summed E-state index contributed by atoms with van der Waals surface area (Å²) in [5, 5.41) is 4.28. The van der Waals surface area contributed by atoms with Gasteiger partial charge >= 0.3 is 0 Å². The van der Waals surface area contributed by atoms with Crippen molar-refractivity contribution in [3.05, 3.63) is 34.9 Å². The van der Waals surface area contributed by atoms with Gasteiger partial charge in [0.2, 0.25) is 0 Å². The fourth-order valence-electron chi connectivity index (χ4n) is 2.52. The van der Waals surface area contributed by atoms with E-state index in [0.717, 1.165) is 31.1 Å². The van der Waals surface area contributed by atoms with Crippen LogP contribution in [0.3, 0.4) is 0 Å². The maximum atomic E-state index is 5.89. The van der Waals surface area contributed by atoms with E-state index in [1.807, 2.05) is 12.1 Å². The Labute approximate surface area is 109 Å². The zero-order chi connectivity index (χ0) is 12.3. The maximum Gasteiger partial charge on any atom is 0.0406 e.